The maximum absolute atomic E-state index is 11.8. The molecule has 0 radical (unpaired) electrons. The Balaban J connectivity index is 2.22. The number of ether oxygens (including phenoxy) is 1. The molecule has 0 amide bonds. The molecule has 0 aliphatic carbocycles. The van der Waals surface area contributed by atoms with E-state index in [-0.39, 0.29) is 18.1 Å². The zero-order valence-electron chi connectivity index (χ0n) is 11.9. The number of aryl methyl sites for hydroxylation is 2. The molecule has 5 nitrogen and oxygen atoms in total. The fourth-order valence-corrected chi connectivity index (χ4v) is 3.19. The van der Waals surface area contributed by atoms with Crippen molar-refractivity contribution in [1.29, 1.82) is 0 Å². The summed E-state index contributed by atoms with van der Waals surface area (Å²) in [6, 6.07) is 5.84. The molecule has 5 heteroatoms. The van der Waals surface area contributed by atoms with Crippen molar-refractivity contribution < 1.29 is 19.4 Å². The molecule has 1 aliphatic rings. The Bertz CT molecular complexity index is 729. The summed E-state index contributed by atoms with van der Waals surface area (Å²) in [4.78, 5) is 23.5. The Labute approximate surface area is 122 Å². The smallest absolute Gasteiger partial charge is 0.352 e. The highest BCUT2D eigenvalue weighted by Crippen LogP contribution is 2.33. The van der Waals surface area contributed by atoms with E-state index in [2.05, 4.69) is 0 Å². The highest BCUT2D eigenvalue weighted by atomic mass is 16.5. The first-order chi connectivity index (χ1) is 10.1. The van der Waals surface area contributed by atoms with Crippen molar-refractivity contribution in [3.63, 3.8) is 0 Å². The molecule has 1 N–H and O–H groups in total. The van der Waals surface area contributed by atoms with Crippen LogP contribution in [0.2, 0.25) is 0 Å². The molecule has 1 aliphatic heterocycles. The lowest BCUT2D eigenvalue weighted by Crippen LogP contribution is -2.16. The summed E-state index contributed by atoms with van der Waals surface area (Å²) in [7, 11) is 0. The fourth-order valence-electron chi connectivity index (χ4n) is 3.19. The van der Waals surface area contributed by atoms with Gasteiger partial charge in [-0.2, -0.15) is 0 Å². The molecule has 21 heavy (non-hydrogen) atoms. The second-order valence-corrected chi connectivity index (χ2v) is 5.18. The molecule has 0 saturated heterocycles. The Hall–Kier alpha value is -2.30. The Morgan fingerprint density at radius 2 is 2.19 bits per heavy atom. The van der Waals surface area contributed by atoms with Gasteiger partial charge in [-0.05, 0) is 25.3 Å². The first kappa shape index (κ1) is 13.7. The standard InChI is InChI=1S/C16H17NO4/c1-2-21-13(18)9-12-11-7-3-5-10-6-4-8-17(14(10)11)15(12)16(19)20/h3,5,7H,2,4,6,8-9H2,1H3,(H,19,20). The van der Waals surface area contributed by atoms with Crippen molar-refractivity contribution in [2.45, 2.75) is 32.7 Å². The van der Waals surface area contributed by atoms with E-state index in [9.17, 15) is 14.7 Å². The lowest BCUT2D eigenvalue weighted by molar-refractivity contribution is -0.142. The number of nitrogens with zero attached hydrogens (tertiary/aromatic N) is 1. The lowest BCUT2D eigenvalue weighted by Gasteiger charge is -2.16. The van der Waals surface area contributed by atoms with Crippen LogP contribution in [0, 0.1) is 0 Å². The highest BCUT2D eigenvalue weighted by molar-refractivity contribution is 6.01. The minimum Gasteiger partial charge on any atom is -0.477 e. The number of carboxylic acid groups (broad SMARTS) is 1. The topological polar surface area (TPSA) is 68.5 Å². The monoisotopic (exact) mass is 287 g/mol. The summed E-state index contributed by atoms with van der Waals surface area (Å²) in [5.41, 5.74) is 2.90. The van der Waals surface area contributed by atoms with Crippen LogP contribution in [0.25, 0.3) is 10.9 Å². The molecule has 110 valence electrons. The summed E-state index contributed by atoms with van der Waals surface area (Å²) >= 11 is 0. The van der Waals surface area contributed by atoms with E-state index in [1.165, 1.54) is 0 Å². The molecule has 0 spiro atoms. The molecule has 0 saturated carbocycles. The van der Waals surface area contributed by atoms with Gasteiger partial charge in [0.25, 0.3) is 0 Å². The normalized spacial score (nSPS) is 13.4. The SMILES string of the molecule is CCOC(=O)Cc1c(C(=O)O)n2c3c(cccc13)CCC2. The summed E-state index contributed by atoms with van der Waals surface area (Å²) in [6.07, 6.45) is 1.86. The number of carbonyl (C=O) groups excluding carboxylic acids is 1. The van der Waals surface area contributed by atoms with Crippen LogP contribution < -0.4 is 0 Å². The molecule has 3 rings (SSSR count). The molecule has 0 fully saturated rings. The van der Waals surface area contributed by atoms with E-state index in [0.29, 0.717) is 18.7 Å². The molecular weight excluding hydrogens is 270 g/mol. The largest absolute Gasteiger partial charge is 0.477 e. The second-order valence-electron chi connectivity index (χ2n) is 5.18. The van der Waals surface area contributed by atoms with E-state index in [4.69, 9.17) is 4.74 Å². The minimum atomic E-state index is -0.988. The molecule has 0 atom stereocenters. The Kier molecular flexibility index (Phi) is 3.41. The number of rotatable bonds is 4. The minimum absolute atomic E-state index is 0.00241. The average Bonchev–Trinajstić information content (AvgIpc) is 2.76. The molecule has 1 aromatic heterocycles. The molecule has 0 bridgehead atoms. The summed E-state index contributed by atoms with van der Waals surface area (Å²) in [6.45, 7) is 2.72. The number of benzene rings is 1. The van der Waals surface area contributed by atoms with Gasteiger partial charge in [0, 0.05) is 17.5 Å². The van der Waals surface area contributed by atoms with E-state index in [1.54, 1.807) is 6.92 Å². The van der Waals surface area contributed by atoms with Gasteiger partial charge in [0.1, 0.15) is 5.69 Å². The van der Waals surface area contributed by atoms with E-state index in [0.717, 1.165) is 29.3 Å². The number of carbonyl (C=O) groups is 2. The van der Waals surface area contributed by atoms with E-state index in [1.807, 2.05) is 22.8 Å². The van der Waals surface area contributed by atoms with Gasteiger partial charge in [-0.25, -0.2) is 4.79 Å². The van der Waals surface area contributed by atoms with Crippen molar-refractivity contribution in [3.8, 4) is 0 Å². The van der Waals surface area contributed by atoms with Gasteiger partial charge >= 0.3 is 11.9 Å². The van der Waals surface area contributed by atoms with Gasteiger partial charge in [-0.1, -0.05) is 18.2 Å². The molecule has 2 heterocycles. The summed E-state index contributed by atoms with van der Waals surface area (Å²) in [5.74, 6) is -1.37. The number of aromatic nitrogens is 1. The Morgan fingerprint density at radius 3 is 2.90 bits per heavy atom. The number of esters is 1. The molecule has 1 aromatic carbocycles. The summed E-state index contributed by atoms with van der Waals surface area (Å²) in [5, 5.41) is 10.4. The van der Waals surface area contributed by atoms with Gasteiger partial charge in [0.15, 0.2) is 0 Å². The average molecular weight is 287 g/mol. The van der Waals surface area contributed by atoms with Crippen LogP contribution in [0.1, 0.15) is 35.0 Å². The number of hydrogen-bond acceptors (Lipinski definition) is 3. The van der Waals surface area contributed by atoms with Gasteiger partial charge in [-0.3, -0.25) is 4.79 Å². The first-order valence-corrected chi connectivity index (χ1v) is 7.15. The highest BCUT2D eigenvalue weighted by Gasteiger charge is 2.27. The molecule has 2 aromatic rings. The predicted molar refractivity (Wildman–Crippen MR) is 77.6 cm³/mol. The maximum Gasteiger partial charge on any atom is 0.352 e. The van der Waals surface area contributed by atoms with E-state index < -0.39 is 5.97 Å². The van der Waals surface area contributed by atoms with Crippen LogP contribution in [-0.4, -0.2) is 28.2 Å². The van der Waals surface area contributed by atoms with Gasteiger partial charge in [0.05, 0.1) is 18.5 Å². The number of carboxylic acids is 1. The third kappa shape index (κ3) is 2.18. The van der Waals surface area contributed by atoms with Crippen LogP contribution in [0.15, 0.2) is 18.2 Å². The summed E-state index contributed by atoms with van der Waals surface area (Å²) < 4.78 is 6.82. The van der Waals surface area contributed by atoms with Crippen LogP contribution in [0.3, 0.4) is 0 Å². The second kappa shape index (κ2) is 5.24. The number of hydrogen-bond donors (Lipinski definition) is 1. The van der Waals surface area contributed by atoms with Gasteiger partial charge in [-0.15, -0.1) is 0 Å². The van der Waals surface area contributed by atoms with Crippen molar-refractivity contribution in [2.24, 2.45) is 0 Å². The molecule has 0 unspecified atom stereocenters. The maximum atomic E-state index is 11.8. The van der Waals surface area contributed by atoms with Crippen LogP contribution in [0.5, 0.6) is 0 Å². The van der Waals surface area contributed by atoms with Gasteiger partial charge < -0.3 is 14.4 Å². The number of para-hydroxylation sites is 1. The zero-order valence-corrected chi connectivity index (χ0v) is 11.9. The quantitative estimate of drug-likeness (QED) is 0.877. The van der Waals surface area contributed by atoms with Crippen molar-refractivity contribution in [2.75, 3.05) is 6.61 Å². The fraction of sp³-hybridized carbons (Fsp3) is 0.375. The Morgan fingerprint density at radius 1 is 1.38 bits per heavy atom. The molecular formula is C16H17NO4. The zero-order chi connectivity index (χ0) is 15.0. The van der Waals surface area contributed by atoms with Crippen LogP contribution >= 0.6 is 0 Å². The van der Waals surface area contributed by atoms with Crippen LogP contribution in [-0.2, 0) is 28.9 Å². The van der Waals surface area contributed by atoms with Crippen molar-refractivity contribution >= 4 is 22.8 Å². The predicted octanol–water partition coefficient (Wildman–Crippen LogP) is 2.39. The van der Waals surface area contributed by atoms with Crippen molar-refractivity contribution in [1.82, 2.24) is 4.57 Å². The third-order valence-corrected chi connectivity index (χ3v) is 3.93. The number of aromatic carboxylic acids is 1. The van der Waals surface area contributed by atoms with Gasteiger partial charge in [0.2, 0.25) is 0 Å². The van der Waals surface area contributed by atoms with Crippen LogP contribution in [0.4, 0.5) is 0 Å². The van der Waals surface area contributed by atoms with E-state index >= 15 is 0 Å². The van der Waals surface area contributed by atoms with Crippen molar-refractivity contribution in [3.05, 3.63) is 35.0 Å². The first-order valence-electron chi connectivity index (χ1n) is 7.15. The third-order valence-electron chi connectivity index (χ3n) is 3.93. The lowest BCUT2D eigenvalue weighted by atomic mass is 10.0.